The zero-order chi connectivity index (χ0) is 15.1. The van der Waals surface area contributed by atoms with Gasteiger partial charge in [0.1, 0.15) is 11.5 Å². The zero-order valence-corrected chi connectivity index (χ0v) is 12.8. The van der Waals surface area contributed by atoms with Gasteiger partial charge in [-0.05, 0) is 37.6 Å². The fourth-order valence-corrected chi connectivity index (χ4v) is 2.23. The number of hydrogen-bond acceptors (Lipinski definition) is 4. The predicted molar refractivity (Wildman–Crippen MR) is 81.8 cm³/mol. The molecule has 0 aromatic heterocycles. The number of piperazine rings is 1. The van der Waals surface area contributed by atoms with E-state index >= 15 is 0 Å². The van der Waals surface area contributed by atoms with E-state index in [2.05, 4.69) is 12.2 Å². The largest absolute Gasteiger partial charge is 0.494 e. The molecule has 1 N–H and O–H groups in total. The molecule has 0 bridgehead atoms. The second-order valence-corrected chi connectivity index (χ2v) is 5.16. The monoisotopic (exact) mass is 292 g/mol. The van der Waals surface area contributed by atoms with Crippen LogP contribution < -0.4 is 14.8 Å². The SMILES string of the molecule is CCCOc1ccc(OC(C)C(=O)N2CCNCC2)cc1. The number of carbonyl (C=O) groups is 1. The number of carbonyl (C=O) groups excluding carboxylic acids is 1. The molecule has 1 aromatic carbocycles. The molecule has 1 saturated heterocycles. The van der Waals surface area contributed by atoms with Gasteiger partial charge >= 0.3 is 0 Å². The third-order valence-electron chi connectivity index (χ3n) is 3.39. The smallest absolute Gasteiger partial charge is 0.263 e. The molecule has 5 heteroatoms. The van der Waals surface area contributed by atoms with Gasteiger partial charge in [0, 0.05) is 26.2 Å². The Morgan fingerprint density at radius 1 is 1.24 bits per heavy atom. The van der Waals surface area contributed by atoms with Crippen molar-refractivity contribution in [3.63, 3.8) is 0 Å². The van der Waals surface area contributed by atoms with Crippen LogP contribution >= 0.6 is 0 Å². The average molecular weight is 292 g/mol. The van der Waals surface area contributed by atoms with Crippen molar-refractivity contribution in [2.24, 2.45) is 0 Å². The number of rotatable bonds is 6. The van der Waals surface area contributed by atoms with Gasteiger partial charge in [0.2, 0.25) is 0 Å². The maximum Gasteiger partial charge on any atom is 0.263 e. The maximum atomic E-state index is 12.3. The fourth-order valence-electron chi connectivity index (χ4n) is 2.23. The fraction of sp³-hybridized carbons (Fsp3) is 0.562. The second-order valence-electron chi connectivity index (χ2n) is 5.16. The number of nitrogens with zero attached hydrogens (tertiary/aromatic N) is 1. The van der Waals surface area contributed by atoms with Gasteiger partial charge in [-0.3, -0.25) is 4.79 Å². The molecule has 0 spiro atoms. The number of hydrogen-bond donors (Lipinski definition) is 1. The van der Waals surface area contributed by atoms with Crippen molar-refractivity contribution in [2.45, 2.75) is 26.4 Å². The van der Waals surface area contributed by atoms with E-state index < -0.39 is 6.10 Å². The molecule has 0 aliphatic carbocycles. The Labute approximate surface area is 126 Å². The van der Waals surface area contributed by atoms with E-state index in [1.807, 2.05) is 29.2 Å². The van der Waals surface area contributed by atoms with Gasteiger partial charge in [-0.1, -0.05) is 6.92 Å². The Balaban J connectivity index is 1.86. The molecule has 1 atom stereocenters. The summed E-state index contributed by atoms with van der Waals surface area (Å²) in [4.78, 5) is 14.1. The average Bonchev–Trinajstić information content (AvgIpc) is 2.54. The molecule has 21 heavy (non-hydrogen) atoms. The Morgan fingerprint density at radius 2 is 1.86 bits per heavy atom. The first-order valence-corrected chi connectivity index (χ1v) is 7.59. The topological polar surface area (TPSA) is 50.8 Å². The van der Waals surface area contributed by atoms with Gasteiger partial charge < -0.3 is 19.7 Å². The molecular weight excluding hydrogens is 268 g/mol. The van der Waals surface area contributed by atoms with E-state index in [1.54, 1.807) is 6.92 Å². The van der Waals surface area contributed by atoms with E-state index in [4.69, 9.17) is 9.47 Å². The summed E-state index contributed by atoms with van der Waals surface area (Å²) in [6.45, 7) is 7.77. The van der Waals surface area contributed by atoms with Crippen molar-refractivity contribution < 1.29 is 14.3 Å². The first-order valence-electron chi connectivity index (χ1n) is 7.59. The highest BCUT2D eigenvalue weighted by atomic mass is 16.5. The third kappa shape index (κ3) is 4.63. The number of amides is 1. The first-order chi connectivity index (χ1) is 10.2. The molecule has 1 aromatic rings. The highest BCUT2D eigenvalue weighted by molar-refractivity contribution is 5.81. The van der Waals surface area contributed by atoms with Crippen LogP contribution in [0.3, 0.4) is 0 Å². The van der Waals surface area contributed by atoms with Crippen molar-refractivity contribution >= 4 is 5.91 Å². The number of ether oxygens (including phenoxy) is 2. The summed E-state index contributed by atoms with van der Waals surface area (Å²) in [5.74, 6) is 1.56. The van der Waals surface area contributed by atoms with Crippen molar-refractivity contribution in [2.75, 3.05) is 32.8 Å². The highest BCUT2D eigenvalue weighted by Gasteiger charge is 2.23. The maximum absolute atomic E-state index is 12.3. The quantitative estimate of drug-likeness (QED) is 0.866. The van der Waals surface area contributed by atoms with Crippen LogP contribution in [0.15, 0.2) is 24.3 Å². The summed E-state index contributed by atoms with van der Waals surface area (Å²) in [7, 11) is 0. The van der Waals surface area contributed by atoms with E-state index in [9.17, 15) is 4.79 Å². The minimum atomic E-state index is -0.467. The normalized spacial score (nSPS) is 16.4. The van der Waals surface area contributed by atoms with Crippen LogP contribution in [0.25, 0.3) is 0 Å². The van der Waals surface area contributed by atoms with E-state index in [-0.39, 0.29) is 5.91 Å². The van der Waals surface area contributed by atoms with Gasteiger partial charge in [-0.15, -0.1) is 0 Å². The molecule has 5 nitrogen and oxygen atoms in total. The van der Waals surface area contributed by atoms with Gasteiger partial charge in [-0.2, -0.15) is 0 Å². The van der Waals surface area contributed by atoms with Crippen molar-refractivity contribution in [3.8, 4) is 11.5 Å². The second kappa shape index (κ2) is 7.88. The van der Waals surface area contributed by atoms with E-state index in [0.717, 1.165) is 38.3 Å². The van der Waals surface area contributed by atoms with Crippen molar-refractivity contribution in [3.05, 3.63) is 24.3 Å². The summed E-state index contributed by atoms with van der Waals surface area (Å²) in [6.07, 6.45) is 0.514. The van der Waals surface area contributed by atoms with Crippen LogP contribution in [0.4, 0.5) is 0 Å². The van der Waals surface area contributed by atoms with Crippen LogP contribution in [-0.4, -0.2) is 49.7 Å². The lowest BCUT2D eigenvalue weighted by molar-refractivity contribution is -0.138. The molecule has 1 amide bonds. The lowest BCUT2D eigenvalue weighted by Gasteiger charge is -2.29. The lowest BCUT2D eigenvalue weighted by Crippen LogP contribution is -2.50. The third-order valence-corrected chi connectivity index (χ3v) is 3.39. The standard InChI is InChI=1S/C16H24N2O3/c1-3-12-20-14-4-6-15(7-5-14)21-13(2)16(19)18-10-8-17-9-11-18/h4-7,13,17H,3,8-12H2,1-2H3. The first kappa shape index (κ1) is 15.6. The summed E-state index contributed by atoms with van der Waals surface area (Å²) in [5.41, 5.74) is 0. The lowest BCUT2D eigenvalue weighted by atomic mass is 10.2. The Morgan fingerprint density at radius 3 is 2.48 bits per heavy atom. The van der Waals surface area contributed by atoms with Crippen LogP contribution in [0.1, 0.15) is 20.3 Å². The summed E-state index contributed by atoms with van der Waals surface area (Å²) in [5, 5.41) is 3.23. The summed E-state index contributed by atoms with van der Waals surface area (Å²) < 4.78 is 11.2. The van der Waals surface area contributed by atoms with Gasteiger partial charge in [0.05, 0.1) is 6.61 Å². The minimum absolute atomic E-state index is 0.0443. The molecule has 1 heterocycles. The predicted octanol–water partition coefficient (Wildman–Crippen LogP) is 1.67. The van der Waals surface area contributed by atoms with E-state index in [0.29, 0.717) is 12.4 Å². The molecule has 1 unspecified atom stereocenters. The van der Waals surface area contributed by atoms with Crippen molar-refractivity contribution in [1.29, 1.82) is 0 Å². The molecule has 116 valence electrons. The number of benzene rings is 1. The van der Waals surface area contributed by atoms with Crippen molar-refractivity contribution in [1.82, 2.24) is 10.2 Å². The summed E-state index contributed by atoms with van der Waals surface area (Å²) in [6, 6.07) is 7.42. The Hall–Kier alpha value is -1.75. The minimum Gasteiger partial charge on any atom is -0.494 e. The summed E-state index contributed by atoms with van der Waals surface area (Å²) >= 11 is 0. The molecular formula is C16H24N2O3. The van der Waals surface area contributed by atoms with Crippen LogP contribution in [0.2, 0.25) is 0 Å². The van der Waals surface area contributed by atoms with Gasteiger partial charge in [-0.25, -0.2) is 0 Å². The Kier molecular flexibility index (Phi) is 5.87. The molecule has 1 fully saturated rings. The Bertz CT molecular complexity index is 441. The molecule has 0 radical (unpaired) electrons. The van der Waals surface area contributed by atoms with E-state index in [1.165, 1.54) is 0 Å². The van der Waals surface area contributed by atoms with Gasteiger partial charge in [0.25, 0.3) is 5.91 Å². The molecule has 1 aliphatic heterocycles. The molecule has 1 aliphatic rings. The molecule has 0 saturated carbocycles. The number of nitrogens with one attached hydrogen (secondary N) is 1. The highest BCUT2D eigenvalue weighted by Crippen LogP contribution is 2.19. The zero-order valence-electron chi connectivity index (χ0n) is 12.8. The van der Waals surface area contributed by atoms with Gasteiger partial charge in [0.15, 0.2) is 6.10 Å². The molecule has 2 rings (SSSR count). The van der Waals surface area contributed by atoms with Crippen LogP contribution in [0, 0.1) is 0 Å². The van der Waals surface area contributed by atoms with Crippen LogP contribution in [-0.2, 0) is 4.79 Å². The van der Waals surface area contributed by atoms with Crippen LogP contribution in [0.5, 0.6) is 11.5 Å².